The van der Waals surface area contributed by atoms with E-state index in [4.69, 9.17) is 0 Å². The molecule has 0 atom stereocenters. The Bertz CT molecular complexity index is 413. The van der Waals surface area contributed by atoms with Gasteiger partial charge in [-0.3, -0.25) is 10.1 Å². The molecule has 80 valence electrons. The van der Waals surface area contributed by atoms with E-state index in [-0.39, 0.29) is 10.6 Å². The molecule has 1 aromatic carbocycles. The van der Waals surface area contributed by atoms with Crippen molar-refractivity contribution in [1.82, 2.24) is 0 Å². The number of rotatable bonds is 3. The van der Waals surface area contributed by atoms with Gasteiger partial charge in [-0.05, 0) is 24.1 Å². The van der Waals surface area contributed by atoms with Gasteiger partial charge in [-0.25, -0.2) is 0 Å². The van der Waals surface area contributed by atoms with Crippen molar-refractivity contribution < 1.29 is 4.92 Å². The van der Waals surface area contributed by atoms with Gasteiger partial charge in [0.25, 0.3) is 0 Å². The van der Waals surface area contributed by atoms with Crippen molar-refractivity contribution in [1.29, 1.82) is 0 Å². The molecule has 0 fully saturated rings. The minimum absolute atomic E-state index is 0.233. The maximum atomic E-state index is 10.6. The Balaban J connectivity index is 3.07. The van der Waals surface area contributed by atoms with Crippen molar-refractivity contribution in [2.45, 2.75) is 20.3 Å². The lowest BCUT2D eigenvalue weighted by atomic mass is 10.1. The lowest BCUT2D eigenvalue weighted by Gasteiger charge is -2.00. The highest BCUT2D eigenvalue weighted by atomic mass is 79.9. The average molecular weight is 270 g/mol. The number of aryl methyl sites for hydroxylation is 1. The molecule has 15 heavy (non-hydrogen) atoms. The summed E-state index contributed by atoms with van der Waals surface area (Å²) >= 11 is 3.39. The van der Waals surface area contributed by atoms with Crippen molar-refractivity contribution in [2.24, 2.45) is 0 Å². The summed E-state index contributed by atoms with van der Waals surface area (Å²) in [6.45, 7) is 3.74. The van der Waals surface area contributed by atoms with Gasteiger partial charge in [0.1, 0.15) is 0 Å². The van der Waals surface area contributed by atoms with Crippen molar-refractivity contribution in [3.8, 4) is 0 Å². The first-order chi connectivity index (χ1) is 7.04. The second-order valence-corrected chi connectivity index (χ2v) is 4.11. The Morgan fingerprint density at radius 3 is 2.73 bits per heavy atom. The maximum absolute atomic E-state index is 10.6. The fraction of sp³-hybridized carbons (Fsp3) is 0.273. The molecule has 3 nitrogen and oxygen atoms in total. The summed E-state index contributed by atoms with van der Waals surface area (Å²) in [6.07, 6.45) is 2.04. The highest BCUT2D eigenvalue weighted by molar-refractivity contribution is 9.10. The van der Waals surface area contributed by atoms with Crippen LogP contribution in [0.1, 0.15) is 24.5 Å². The van der Waals surface area contributed by atoms with E-state index in [1.807, 2.05) is 25.1 Å². The van der Waals surface area contributed by atoms with Crippen LogP contribution in [0.25, 0.3) is 6.08 Å². The van der Waals surface area contributed by atoms with Gasteiger partial charge < -0.3 is 0 Å². The van der Waals surface area contributed by atoms with Crippen LogP contribution in [0, 0.1) is 17.0 Å². The Kier molecular flexibility index (Phi) is 4.03. The number of halogens is 1. The Labute approximate surface area is 97.1 Å². The molecule has 1 aromatic rings. The minimum Gasteiger partial charge on any atom is -0.259 e. The molecule has 0 aromatic heterocycles. The normalized spacial score (nSPS) is 11.5. The van der Waals surface area contributed by atoms with Crippen LogP contribution in [0.5, 0.6) is 0 Å². The maximum Gasteiger partial charge on any atom is 0.246 e. The van der Waals surface area contributed by atoms with Crippen molar-refractivity contribution in [3.05, 3.63) is 49.6 Å². The van der Waals surface area contributed by atoms with Crippen molar-refractivity contribution in [2.75, 3.05) is 0 Å². The van der Waals surface area contributed by atoms with Gasteiger partial charge in [0.05, 0.1) is 4.92 Å². The summed E-state index contributed by atoms with van der Waals surface area (Å²) in [7, 11) is 0. The lowest BCUT2D eigenvalue weighted by molar-refractivity contribution is -0.425. The second-order valence-electron chi connectivity index (χ2n) is 3.25. The first kappa shape index (κ1) is 11.9. The van der Waals surface area contributed by atoms with E-state index in [0.29, 0.717) is 6.42 Å². The first-order valence-electron chi connectivity index (χ1n) is 4.65. The molecule has 1 rings (SSSR count). The highest BCUT2D eigenvalue weighted by Gasteiger charge is 2.07. The molecule has 0 saturated heterocycles. The number of hydrogen-bond donors (Lipinski definition) is 0. The topological polar surface area (TPSA) is 43.1 Å². The van der Waals surface area contributed by atoms with E-state index < -0.39 is 0 Å². The molecule has 0 aliphatic rings. The van der Waals surface area contributed by atoms with Gasteiger partial charge in [-0.2, -0.15) is 0 Å². The van der Waals surface area contributed by atoms with Crippen LogP contribution in [0.15, 0.2) is 28.4 Å². The molecule has 0 aliphatic carbocycles. The largest absolute Gasteiger partial charge is 0.259 e. The van der Waals surface area contributed by atoms with Crippen LogP contribution >= 0.6 is 15.9 Å². The van der Waals surface area contributed by atoms with E-state index in [9.17, 15) is 10.1 Å². The summed E-state index contributed by atoms with van der Waals surface area (Å²) in [5.41, 5.74) is 2.17. The zero-order valence-electron chi connectivity index (χ0n) is 8.66. The highest BCUT2D eigenvalue weighted by Crippen LogP contribution is 2.19. The van der Waals surface area contributed by atoms with E-state index in [2.05, 4.69) is 15.9 Å². The molecule has 4 heteroatoms. The first-order valence-corrected chi connectivity index (χ1v) is 5.45. The standard InChI is InChI=1S/C11H12BrNO2/c1-3-10(13(14)15)7-9-4-5-11(12)8(2)6-9/h4-7H,3H2,1-2H3. The summed E-state index contributed by atoms with van der Waals surface area (Å²) in [5, 5.41) is 10.6. The fourth-order valence-corrected chi connectivity index (χ4v) is 1.48. The van der Waals surface area contributed by atoms with Gasteiger partial charge in [0.2, 0.25) is 5.70 Å². The third-order valence-electron chi connectivity index (χ3n) is 2.11. The molecule has 0 heterocycles. The molecular formula is C11H12BrNO2. The molecule has 0 N–H and O–H groups in total. The molecule has 0 radical (unpaired) electrons. The molecule has 0 saturated carbocycles. The third-order valence-corrected chi connectivity index (χ3v) is 3.00. The second kappa shape index (κ2) is 5.07. The van der Waals surface area contributed by atoms with Crippen molar-refractivity contribution in [3.63, 3.8) is 0 Å². The Hall–Kier alpha value is -1.16. The minimum atomic E-state index is -0.336. The summed E-state index contributed by atoms with van der Waals surface area (Å²) in [4.78, 5) is 10.3. The molecule has 0 aliphatic heterocycles. The number of nitrogens with zero attached hydrogens (tertiary/aromatic N) is 1. The van der Waals surface area contributed by atoms with Gasteiger partial charge in [0, 0.05) is 17.0 Å². The third kappa shape index (κ3) is 3.16. The van der Waals surface area contributed by atoms with E-state index in [1.165, 1.54) is 0 Å². The summed E-state index contributed by atoms with van der Waals surface area (Å²) in [6, 6.07) is 5.67. The Morgan fingerprint density at radius 2 is 2.27 bits per heavy atom. The fourth-order valence-electron chi connectivity index (χ4n) is 1.23. The van der Waals surface area contributed by atoms with Crippen molar-refractivity contribution >= 4 is 22.0 Å². The lowest BCUT2D eigenvalue weighted by Crippen LogP contribution is -1.96. The van der Waals surface area contributed by atoms with Gasteiger partial charge >= 0.3 is 0 Å². The zero-order valence-corrected chi connectivity index (χ0v) is 10.2. The average Bonchev–Trinajstić information content (AvgIpc) is 2.19. The van der Waals surface area contributed by atoms with Gasteiger partial charge in [0.15, 0.2) is 0 Å². The predicted molar refractivity (Wildman–Crippen MR) is 64.1 cm³/mol. The molecule has 0 amide bonds. The van der Waals surface area contributed by atoms with E-state index in [1.54, 1.807) is 13.0 Å². The smallest absolute Gasteiger partial charge is 0.246 e. The quantitative estimate of drug-likeness (QED) is 0.619. The number of nitro groups is 1. The van der Waals surface area contributed by atoms with Crippen LogP contribution in [-0.4, -0.2) is 4.92 Å². The van der Waals surface area contributed by atoms with Gasteiger partial charge in [-0.1, -0.05) is 35.0 Å². The van der Waals surface area contributed by atoms with Crippen LogP contribution in [0.4, 0.5) is 0 Å². The summed E-state index contributed by atoms with van der Waals surface area (Å²) < 4.78 is 1.01. The van der Waals surface area contributed by atoms with E-state index >= 15 is 0 Å². The Morgan fingerprint density at radius 1 is 1.60 bits per heavy atom. The predicted octanol–water partition coefficient (Wildman–Crippen LogP) is 3.79. The molecule has 0 spiro atoms. The molecule has 0 unspecified atom stereocenters. The van der Waals surface area contributed by atoms with Crippen LogP contribution in [-0.2, 0) is 0 Å². The monoisotopic (exact) mass is 269 g/mol. The SMILES string of the molecule is CCC(=Cc1ccc(Br)c(C)c1)[N+](=O)[O-]. The molecular weight excluding hydrogens is 258 g/mol. The van der Waals surface area contributed by atoms with Crippen LogP contribution in [0.2, 0.25) is 0 Å². The van der Waals surface area contributed by atoms with Gasteiger partial charge in [-0.15, -0.1) is 0 Å². The van der Waals surface area contributed by atoms with E-state index in [0.717, 1.165) is 15.6 Å². The van der Waals surface area contributed by atoms with Crippen LogP contribution < -0.4 is 0 Å². The molecule has 0 bridgehead atoms. The number of hydrogen-bond acceptors (Lipinski definition) is 2. The summed E-state index contributed by atoms with van der Waals surface area (Å²) in [5.74, 6) is 0. The zero-order chi connectivity index (χ0) is 11.4. The number of benzene rings is 1. The number of allylic oxidation sites excluding steroid dienone is 1. The van der Waals surface area contributed by atoms with Crippen LogP contribution in [0.3, 0.4) is 0 Å².